The van der Waals surface area contributed by atoms with E-state index in [9.17, 15) is 38.7 Å². The van der Waals surface area contributed by atoms with Crippen molar-refractivity contribution in [1.29, 1.82) is 0 Å². The Bertz CT molecular complexity index is 786. The summed E-state index contributed by atoms with van der Waals surface area (Å²) in [6, 6.07) is -6.53. The van der Waals surface area contributed by atoms with Crippen LogP contribution < -0.4 is 33.2 Å². The molecule has 0 aromatic heterocycles. The maximum absolute atomic E-state index is 12.6. The standard InChI is InChI=1S/C17H28N6O10/c1-6(24)13(17(32)33)23-16(31)9(5-11(20)26)22-15(30)8(4-10(19)25)21-14(29)7(18)2-3-12(27)28/h6-9,13,24H,2-5,18H2,1H3,(H2,19,25)(H2,20,26)(H,21,29)(H,22,30)(H,23,31)(H,27,28)(H,32,33). The molecule has 0 heterocycles. The van der Waals surface area contributed by atoms with E-state index in [0.717, 1.165) is 6.92 Å². The Hall–Kier alpha value is -3.79. The molecule has 0 fully saturated rings. The Morgan fingerprint density at radius 3 is 1.58 bits per heavy atom. The van der Waals surface area contributed by atoms with Crippen molar-refractivity contribution in [3.8, 4) is 0 Å². The van der Waals surface area contributed by atoms with Gasteiger partial charge in [-0.3, -0.25) is 28.8 Å². The Morgan fingerprint density at radius 1 is 0.788 bits per heavy atom. The topological polar surface area (TPSA) is 294 Å². The van der Waals surface area contributed by atoms with Crippen LogP contribution in [0, 0.1) is 0 Å². The van der Waals surface area contributed by atoms with Gasteiger partial charge < -0.3 is 48.5 Å². The van der Waals surface area contributed by atoms with Gasteiger partial charge in [0, 0.05) is 6.42 Å². The molecule has 0 rings (SSSR count). The number of aliphatic carboxylic acids is 2. The van der Waals surface area contributed by atoms with Crippen LogP contribution in [0.25, 0.3) is 0 Å². The minimum atomic E-state index is -1.78. The molecule has 0 bridgehead atoms. The van der Waals surface area contributed by atoms with Gasteiger partial charge in [-0.25, -0.2) is 4.79 Å². The number of carbonyl (C=O) groups excluding carboxylic acids is 5. The van der Waals surface area contributed by atoms with Crippen LogP contribution in [-0.2, 0) is 33.6 Å². The summed E-state index contributed by atoms with van der Waals surface area (Å²) in [5, 5.41) is 33.2. The van der Waals surface area contributed by atoms with E-state index >= 15 is 0 Å². The van der Waals surface area contributed by atoms with Crippen molar-refractivity contribution in [3.05, 3.63) is 0 Å². The fourth-order valence-electron chi connectivity index (χ4n) is 2.42. The normalized spacial score (nSPS) is 15.1. The lowest BCUT2D eigenvalue weighted by atomic mass is 10.1. The molecule has 0 aromatic carbocycles. The second-order valence-electron chi connectivity index (χ2n) is 7.07. The number of hydrogen-bond donors (Lipinski definition) is 9. The zero-order valence-corrected chi connectivity index (χ0v) is 17.6. The van der Waals surface area contributed by atoms with Crippen molar-refractivity contribution < 1.29 is 48.9 Å². The number of aliphatic hydroxyl groups excluding tert-OH is 1. The molecule has 0 radical (unpaired) electrons. The van der Waals surface area contributed by atoms with Gasteiger partial charge in [-0.05, 0) is 13.3 Å². The van der Waals surface area contributed by atoms with Crippen LogP contribution in [0.2, 0.25) is 0 Å². The van der Waals surface area contributed by atoms with E-state index < -0.39 is 91.0 Å². The molecule has 16 heteroatoms. The van der Waals surface area contributed by atoms with Crippen molar-refractivity contribution in [1.82, 2.24) is 16.0 Å². The molecule has 12 N–H and O–H groups in total. The third-order valence-electron chi connectivity index (χ3n) is 4.13. The highest BCUT2D eigenvalue weighted by atomic mass is 16.4. The Balaban J connectivity index is 5.51. The third kappa shape index (κ3) is 11.4. The molecule has 5 unspecified atom stereocenters. The second kappa shape index (κ2) is 13.6. The monoisotopic (exact) mass is 476 g/mol. The van der Waals surface area contributed by atoms with Crippen LogP contribution in [0.1, 0.15) is 32.6 Å². The molecule has 0 saturated carbocycles. The molecule has 186 valence electrons. The minimum absolute atomic E-state index is 0.283. The molecule has 0 aliphatic heterocycles. The minimum Gasteiger partial charge on any atom is -0.481 e. The van der Waals surface area contributed by atoms with Gasteiger partial charge >= 0.3 is 11.9 Å². The molecule has 5 amide bonds. The summed E-state index contributed by atoms with van der Waals surface area (Å²) in [6.45, 7) is 1.08. The maximum atomic E-state index is 12.6. The summed E-state index contributed by atoms with van der Waals surface area (Å²) in [5.74, 6) is -8.28. The molecule has 0 spiro atoms. The molecule has 16 nitrogen and oxygen atoms in total. The summed E-state index contributed by atoms with van der Waals surface area (Å²) < 4.78 is 0. The third-order valence-corrected chi connectivity index (χ3v) is 4.13. The number of nitrogens with two attached hydrogens (primary N) is 3. The SMILES string of the molecule is CC(O)C(NC(=O)C(CC(N)=O)NC(=O)C(CC(N)=O)NC(=O)C(N)CCC(=O)O)C(=O)O. The summed E-state index contributed by atoms with van der Waals surface area (Å²) >= 11 is 0. The summed E-state index contributed by atoms with van der Waals surface area (Å²) in [4.78, 5) is 81.5. The highest BCUT2D eigenvalue weighted by molar-refractivity contribution is 5.97. The number of primary amides is 2. The fraction of sp³-hybridized carbons (Fsp3) is 0.588. The molecule has 33 heavy (non-hydrogen) atoms. The van der Waals surface area contributed by atoms with Crippen LogP contribution in [0.5, 0.6) is 0 Å². The number of carboxylic acid groups (broad SMARTS) is 2. The van der Waals surface area contributed by atoms with E-state index in [1.165, 1.54) is 0 Å². The van der Waals surface area contributed by atoms with Crippen LogP contribution in [-0.4, -0.2) is 87.1 Å². The average Bonchev–Trinajstić information content (AvgIpc) is 2.67. The van der Waals surface area contributed by atoms with Crippen LogP contribution in [0.15, 0.2) is 0 Å². The predicted molar refractivity (Wildman–Crippen MR) is 108 cm³/mol. The highest BCUT2D eigenvalue weighted by Gasteiger charge is 2.33. The molecule has 0 aliphatic rings. The lowest BCUT2D eigenvalue weighted by molar-refractivity contribution is -0.145. The second-order valence-corrected chi connectivity index (χ2v) is 7.07. The number of aliphatic hydroxyl groups is 1. The van der Waals surface area contributed by atoms with Crippen LogP contribution >= 0.6 is 0 Å². The summed E-state index contributed by atoms with van der Waals surface area (Å²) in [6.07, 6.45) is -3.81. The number of rotatable bonds is 15. The largest absolute Gasteiger partial charge is 0.481 e. The average molecular weight is 476 g/mol. The maximum Gasteiger partial charge on any atom is 0.328 e. The molecular formula is C17H28N6O10. The van der Waals surface area contributed by atoms with Crippen molar-refractivity contribution in [2.24, 2.45) is 17.2 Å². The first-order valence-corrected chi connectivity index (χ1v) is 9.51. The van der Waals surface area contributed by atoms with Crippen molar-refractivity contribution in [2.75, 3.05) is 0 Å². The van der Waals surface area contributed by atoms with E-state index in [0.29, 0.717) is 0 Å². The smallest absolute Gasteiger partial charge is 0.328 e. The van der Waals surface area contributed by atoms with Crippen LogP contribution in [0.3, 0.4) is 0 Å². The highest BCUT2D eigenvalue weighted by Crippen LogP contribution is 2.02. The first-order chi connectivity index (χ1) is 15.1. The number of carbonyl (C=O) groups is 7. The zero-order chi connectivity index (χ0) is 25.9. The summed E-state index contributed by atoms with van der Waals surface area (Å²) in [5.41, 5.74) is 15.7. The molecule has 0 aliphatic carbocycles. The van der Waals surface area contributed by atoms with Gasteiger partial charge in [0.25, 0.3) is 0 Å². The van der Waals surface area contributed by atoms with Gasteiger partial charge in [-0.15, -0.1) is 0 Å². The fourth-order valence-corrected chi connectivity index (χ4v) is 2.42. The number of nitrogens with one attached hydrogen (secondary N) is 3. The van der Waals surface area contributed by atoms with Gasteiger partial charge in [-0.2, -0.15) is 0 Å². The van der Waals surface area contributed by atoms with Gasteiger partial charge in [0.05, 0.1) is 25.0 Å². The molecule has 0 saturated heterocycles. The van der Waals surface area contributed by atoms with E-state index in [2.05, 4.69) is 5.32 Å². The summed E-state index contributed by atoms with van der Waals surface area (Å²) in [7, 11) is 0. The zero-order valence-electron chi connectivity index (χ0n) is 17.6. The van der Waals surface area contributed by atoms with Gasteiger partial charge in [0.15, 0.2) is 6.04 Å². The first-order valence-electron chi connectivity index (χ1n) is 9.51. The quantitative estimate of drug-likeness (QED) is 0.108. The van der Waals surface area contributed by atoms with Crippen molar-refractivity contribution in [3.63, 3.8) is 0 Å². The lowest BCUT2D eigenvalue weighted by Crippen LogP contribution is -2.59. The van der Waals surface area contributed by atoms with Crippen LogP contribution in [0.4, 0.5) is 0 Å². The van der Waals surface area contributed by atoms with Gasteiger partial charge in [-0.1, -0.05) is 0 Å². The number of amides is 5. The lowest BCUT2D eigenvalue weighted by Gasteiger charge is -2.24. The van der Waals surface area contributed by atoms with Gasteiger partial charge in [0.2, 0.25) is 29.5 Å². The van der Waals surface area contributed by atoms with Gasteiger partial charge in [0.1, 0.15) is 12.1 Å². The Labute approximate surface area is 187 Å². The van der Waals surface area contributed by atoms with E-state index in [-0.39, 0.29) is 6.42 Å². The molecular weight excluding hydrogens is 448 g/mol. The van der Waals surface area contributed by atoms with E-state index in [1.807, 2.05) is 10.6 Å². The van der Waals surface area contributed by atoms with E-state index in [1.54, 1.807) is 0 Å². The Morgan fingerprint density at radius 2 is 1.21 bits per heavy atom. The van der Waals surface area contributed by atoms with Crippen molar-refractivity contribution >= 4 is 41.5 Å². The Kier molecular flexibility index (Phi) is 12.0. The first kappa shape index (κ1) is 29.2. The predicted octanol–water partition coefficient (Wildman–Crippen LogP) is -5.15. The molecule has 5 atom stereocenters. The van der Waals surface area contributed by atoms with Crippen molar-refractivity contribution in [2.45, 2.75) is 62.9 Å². The number of hydrogen-bond acceptors (Lipinski definition) is 9. The molecule has 0 aromatic rings. The van der Waals surface area contributed by atoms with E-state index in [4.69, 9.17) is 27.4 Å². The number of carboxylic acids is 2.